The van der Waals surface area contributed by atoms with Gasteiger partial charge in [0.1, 0.15) is 4.11 Å². The summed E-state index contributed by atoms with van der Waals surface area (Å²) in [6.45, 7) is 3.18. The minimum atomic E-state index is 0.398. The third kappa shape index (κ3) is 2.82. The van der Waals surface area contributed by atoms with Crippen molar-refractivity contribution in [3.8, 4) is 0 Å². The van der Waals surface area contributed by atoms with Crippen molar-refractivity contribution in [1.82, 2.24) is 4.90 Å². The predicted octanol–water partition coefficient (Wildman–Crippen LogP) is 1.10. The molecular formula is C6H12INO. The maximum Gasteiger partial charge on any atom is 0.121 e. The van der Waals surface area contributed by atoms with Gasteiger partial charge in [-0.3, -0.25) is 0 Å². The van der Waals surface area contributed by atoms with Crippen molar-refractivity contribution < 1.29 is 4.74 Å². The zero-order chi connectivity index (χ0) is 6.69. The molecule has 1 saturated heterocycles. The second-order valence-electron chi connectivity index (χ2n) is 2.40. The molecule has 1 rings (SSSR count). The summed E-state index contributed by atoms with van der Waals surface area (Å²) in [4.78, 5) is 2.31. The van der Waals surface area contributed by atoms with E-state index in [0.717, 1.165) is 13.2 Å². The normalized spacial score (nSPS) is 32.0. The summed E-state index contributed by atoms with van der Waals surface area (Å²) in [5.74, 6) is 0. The molecule has 0 radical (unpaired) electrons. The molecule has 0 spiro atoms. The minimum absolute atomic E-state index is 0.398. The van der Waals surface area contributed by atoms with Crippen LogP contribution in [0.2, 0.25) is 0 Å². The Morgan fingerprint density at radius 1 is 1.67 bits per heavy atom. The molecule has 1 heterocycles. The first kappa shape index (κ1) is 7.75. The third-order valence-electron chi connectivity index (χ3n) is 1.44. The van der Waals surface area contributed by atoms with Crippen LogP contribution in [0.5, 0.6) is 0 Å². The summed E-state index contributed by atoms with van der Waals surface area (Å²) in [6.07, 6.45) is 1.18. The molecule has 9 heavy (non-hydrogen) atoms. The lowest BCUT2D eigenvalue weighted by Crippen LogP contribution is -2.24. The van der Waals surface area contributed by atoms with Gasteiger partial charge in [0.05, 0.1) is 0 Å². The first-order valence-electron chi connectivity index (χ1n) is 3.23. The Morgan fingerprint density at radius 3 is 3.22 bits per heavy atom. The van der Waals surface area contributed by atoms with Crippen molar-refractivity contribution in [2.24, 2.45) is 0 Å². The van der Waals surface area contributed by atoms with Gasteiger partial charge in [0.25, 0.3) is 0 Å². The van der Waals surface area contributed by atoms with Crippen LogP contribution < -0.4 is 0 Å². The molecule has 1 aliphatic heterocycles. The smallest absolute Gasteiger partial charge is 0.121 e. The summed E-state index contributed by atoms with van der Waals surface area (Å²) in [5.41, 5.74) is 0. The molecule has 1 fully saturated rings. The standard InChI is InChI=1S/C6H12INO/c1-8-3-2-4-9-6(7)5-8/h6H,2-5H2,1H3/t6-/m1/s1. The van der Waals surface area contributed by atoms with E-state index >= 15 is 0 Å². The molecule has 0 amide bonds. The second kappa shape index (κ2) is 3.73. The predicted molar refractivity (Wildman–Crippen MR) is 45.9 cm³/mol. The summed E-state index contributed by atoms with van der Waals surface area (Å²) in [7, 11) is 2.14. The lowest BCUT2D eigenvalue weighted by molar-refractivity contribution is 0.130. The maximum absolute atomic E-state index is 5.42. The number of hydrogen-bond acceptors (Lipinski definition) is 2. The number of nitrogens with zero attached hydrogens (tertiary/aromatic N) is 1. The Bertz CT molecular complexity index is 79.1. The summed E-state index contributed by atoms with van der Waals surface area (Å²) < 4.78 is 5.82. The van der Waals surface area contributed by atoms with Crippen molar-refractivity contribution in [3.05, 3.63) is 0 Å². The van der Waals surface area contributed by atoms with Crippen molar-refractivity contribution in [2.75, 3.05) is 26.7 Å². The first-order chi connectivity index (χ1) is 4.29. The minimum Gasteiger partial charge on any atom is -0.366 e. The fraction of sp³-hybridized carbons (Fsp3) is 1.00. The summed E-state index contributed by atoms with van der Waals surface area (Å²) in [6, 6.07) is 0. The number of ether oxygens (including phenoxy) is 1. The van der Waals surface area contributed by atoms with E-state index in [1.165, 1.54) is 13.0 Å². The second-order valence-corrected chi connectivity index (χ2v) is 3.79. The lowest BCUT2D eigenvalue weighted by Gasteiger charge is -2.13. The highest BCUT2D eigenvalue weighted by Crippen LogP contribution is 2.08. The van der Waals surface area contributed by atoms with E-state index in [9.17, 15) is 0 Å². The van der Waals surface area contributed by atoms with E-state index in [1.54, 1.807) is 0 Å². The average molecular weight is 241 g/mol. The van der Waals surface area contributed by atoms with Crippen LogP contribution >= 0.6 is 22.6 Å². The van der Waals surface area contributed by atoms with Crippen molar-refractivity contribution in [2.45, 2.75) is 10.5 Å². The van der Waals surface area contributed by atoms with Gasteiger partial charge < -0.3 is 9.64 Å². The largest absolute Gasteiger partial charge is 0.366 e. The van der Waals surface area contributed by atoms with Crippen molar-refractivity contribution in [1.29, 1.82) is 0 Å². The van der Waals surface area contributed by atoms with Crippen LogP contribution in [0.3, 0.4) is 0 Å². The Labute approximate surface area is 69.7 Å². The Kier molecular flexibility index (Phi) is 3.21. The molecule has 1 atom stereocenters. The van der Waals surface area contributed by atoms with Gasteiger partial charge in [0.2, 0.25) is 0 Å². The molecule has 3 heteroatoms. The molecule has 1 aliphatic rings. The molecule has 0 aromatic heterocycles. The van der Waals surface area contributed by atoms with Crippen LogP contribution in [0.15, 0.2) is 0 Å². The zero-order valence-electron chi connectivity index (χ0n) is 5.64. The van der Waals surface area contributed by atoms with Crippen LogP contribution in [0.4, 0.5) is 0 Å². The summed E-state index contributed by atoms with van der Waals surface area (Å²) >= 11 is 2.33. The lowest BCUT2D eigenvalue weighted by atomic mass is 10.4. The highest BCUT2D eigenvalue weighted by atomic mass is 127. The van der Waals surface area contributed by atoms with Gasteiger partial charge in [0, 0.05) is 19.7 Å². The van der Waals surface area contributed by atoms with Gasteiger partial charge in [-0.05, 0) is 36.1 Å². The Hall–Kier alpha value is 0.650. The third-order valence-corrected chi connectivity index (χ3v) is 2.19. The van der Waals surface area contributed by atoms with E-state index in [0.29, 0.717) is 4.11 Å². The van der Waals surface area contributed by atoms with Crippen LogP contribution in [0, 0.1) is 0 Å². The number of rotatable bonds is 0. The van der Waals surface area contributed by atoms with Gasteiger partial charge in [-0.2, -0.15) is 0 Å². The maximum atomic E-state index is 5.42. The number of halogens is 1. The SMILES string of the molecule is CN1CCCO[C@@H](I)C1. The van der Waals surface area contributed by atoms with E-state index in [4.69, 9.17) is 4.74 Å². The van der Waals surface area contributed by atoms with Gasteiger partial charge in [-0.1, -0.05) is 0 Å². The van der Waals surface area contributed by atoms with Crippen LogP contribution in [0.1, 0.15) is 6.42 Å². The van der Waals surface area contributed by atoms with Crippen molar-refractivity contribution in [3.63, 3.8) is 0 Å². The van der Waals surface area contributed by atoms with Crippen molar-refractivity contribution >= 4 is 22.6 Å². The molecule has 54 valence electrons. The molecule has 0 saturated carbocycles. The molecular weight excluding hydrogens is 229 g/mol. The van der Waals surface area contributed by atoms with Crippen LogP contribution in [-0.2, 0) is 4.74 Å². The van der Waals surface area contributed by atoms with E-state index in [-0.39, 0.29) is 0 Å². The zero-order valence-corrected chi connectivity index (χ0v) is 7.80. The average Bonchev–Trinajstić information content (AvgIpc) is 1.93. The quantitative estimate of drug-likeness (QED) is 0.465. The number of hydrogen-bond donors (Lipinski definition) is 0. The van der Waals surface area contributed by atoms with Gasteiger partial charge >= 0.3 is 0 Å². The molecule has 0 N–H and O–H groups in total. The van der Waals surface area contributed by atoms with E-state index in [2.05, 4.69) is 34.5 Å². The fourth-order valence-corrected chi connectivity index (χ4v) is 1.86. The van der Waals surface area contributed by atoms with E-state index < -0.39 is 0 Å². The molecule has 0 aromatic carbocycles. The van der Waals surface area contributed by atoms with Gasteiger partial charge in [0.15, 0.2) is 0 Å². The highest BCUT2D eigenvalue weighted by Gasteiger charge is 2.11. The van der Waals surface area contributed by atoms with Gasteiger partial charge in [-0.25, -0.2) is 0 Å². The highest BCUT2D eigenvalue weighted by molar-refractivity contribution is 14.1. The molecule has 0 aliphatic carbocycles. The molecule has 0 unspecified atom stereocenters. The van der Waals surface area contributed by atoms with Crippen LogP contribution in [-0.4, -0.2) is 35.8 Å². The molecule has 0 aromatic rings. The van der Waals surface area contributed by atoms with Crippen LogP contribution in [0.25, 0.3) is 0 Å². The first-order valence-corrected chi connectivity index (χ1v) is 4.48. The van der Waals surface area contributed by atoms with E-state index in [1.807, 2.05) is 0 Å². The number of alkyl halides is 1. The monoisotopic (exact) mass is 241 g/mol. The molecule has 2 nitrogen and oxygen atoms in total. The van der Waals surface area contributed by atoms with Gasteiger partial charge in [-0.15, -0.1) is 0 Å². The Morgan fingerprint density at radius 2 is 2.44 bits per heavy atom. The topological polar surface area (TPSA) is 12.5 Å². The molecule has 0 bridgehead atoms. The summed E-state index contributed by atoms with van der Waals surface area (Å²) in [5, 5.41) is 0. The Balaban J connectivity index is 2.29. The fourth-order valence-electron chi connectivity index (χ4n) is 0.935. The number of likely N-dealkylation sites (N-methyl/N-ethyl adjacent to an activating group) is 1.